The van der Waals surface area contributed by atoms with Gasteiger partial charge < -0.3 is 108 Å². The summed E-state index contributed by atoms with van der Waals surface area (Å²) in [6.07, 6.45) is -13.8. The average Bonchev–Trinajstić information content (AvgIpc) is 3.64. The van der Waals surface area contributed by atoms with Crippen molar-refractivity contribution in [3.05, 3.63) is 0 Å². The van der Waals surface area contributed by atoms with Crippen molar-refractivity contribution in [2.24, 2.45) is 0 Å². The van der Waals surface area contributed by atoms with Crippen molar-refractivity contribution in [2.45, 2.75) is 356 Å². The molecule has 5 heterocycles. The number of esters is 1. The first-order valence-corrected chi connectivity index (χ1v) is 31.3. The molecule has 0 saturated carbocycles. The zero-order valence-electron chi connectivity index (χ0n) is 50.3. The Labute approximate surface area is 486 Å². The highest BCUT2D eigenvalue weighted by Crippen LogP contribution is 2.38. The van der Waals surface area contributed by atoms with Crippen molar-refractivity contribution in [3.63, 3.8) is 0 Å². The van der Waals surface area contributed by atoms with Gasteiger partial charge in [-0.3, -0.25) is 4.79 Å². The lowest BCUT2D eigenvalue weighted by Crippen LogP contribution is -2.68. The van der Waals surface area contributed by atoms with Crippen LogP contribution < -0.4 is 0 Å². The summed E-state index contributed by atoms with van der Waals surface area (Å²) in [7, 11) is 1.40. The Morgan fingerprint density at radius 2 is 0.732 bits per heavy atom. The van der Waals surface area contributed by atoms with Crippen LogP contribution in [0.3, 0.4) is 0 Å². The quantitative estimate of drug-likeness (QED) is 0.0315. The van der Waals surface area contributed by atoms with E-state index in [1.807, 2.05) is 0 Å². The van der Waals surface area contributed by atoms with Gasteiger partial charge in [0.2, 0.25) is 0 Å². The summed E-state index contributed by atoms with van der Waals surface area (Å²) in [4.78, 5) is 11.5. The number of rotatable bonds is 36. The lowest BCUT2D eigenvalue weighted by atomic mass is 9.95. The fraction of sp³-hybridized carbons (Fsp3) is 0.983. The van der Waals surface area contributed by atoms with E-state index in [2.05, 4.69) is 13.8 Å². The van der Waals surface area contributed by atoms with E-state index in [0.717, 1.165) is 96.3 Å². The third kappa shape index (κ3) is 20.9. The number of methoxy groups -OCH3 is 1. The summed E-state index contributed by atoms with van der Waals surface area (Å²) in [5, 5.41) is 112. The first-order valence-electron chi connectivity index (χ1n) is 31.3. The van der Waals surface area contributed by atoms with Crippen molar-refractivity contribution in [1.82, 2.24) is 0 Å². The number of carbonyl (C=O) groups excluding carboxylic acids is 1. The molecule has 5 saturated heterocycles. The number of aliphatic hydroxyl groups is 10. The SMILES string of the molecule is CCCCCCCCCCCCO[C@H]1[C@H](O[C@@H]2[C@@H](O)[C@@H](O)[C@H](O[C@H]3[C@@H](O[C@@H](CCCCC)CCCCCCCCCC(=O)OC)O[C@H](C)[C@H](O)[C@@H]3O)O[C@H]2C)O[C@@H](C)[C@H](O[C@@H]2O[C@@H](C)[C@H](O)[C@@H](O)[C@H]2O)[C@H]1O[C@@H]1O[C@@H](C)[C@H](O)[C@@H](O)[C@H]1O. The van der Waals surface area contributed by atoms with Crippen molar-refractivity contribution < 1.29 is 113 Å². The van der Waals surface area contributed by atoms with Crippen LogP contribution in [0.25, 0.3) is 0 Å². The van der Waals surface area contributed by atoms with E-state index in [9.17, 15) is 55.9 Å². The zero-order valence-corrected chi connectivity index (χ0v) is 50.3. The van der Waals surface area contributed by atoms with Crippen LogP contribution in [0.4, 0.5) is 0 Å². The number of hydrogen-bond donors (Lipinski definition) is 10. The number of unbranched alkanes of at least 4 members (excludes halogenated alkanes) is 17. The maximum absolute atomic E-state index is 12.0. The third-order valence-electron chi connectivity index (χ3n) is 17.0. The van der Waals surface area contributed by atoms with Crippen molar-refractivity contribution >= 4 is 5.97 Å². The van der Waals surface area contributed by atoms with Gasteiger partial charge in [-0.25, -0.2) is 0 Å². The first kappa shape index (κ1) is 71.4. The van der Waals surface area contributed by atoms with Crippen LogP contribution in [0.2, 0.25) is 0 Å². The molecule has 26 atom stereocenters. The van der Waals surface area contributed by atoms with E-state index in [1.165, 1.54) is 46.6 Å². The predicted octanol–water partition coefficient (Wildman–Crippen LogP) is 3.82. The van der Waals surface area contributed by atoms with Crippen LogP contribution in [0.5, 0.6) is 0 Å². The van der Waals surface area contributed by atoms with Gasteiger partial charge in [0.05, 0.1) is 43.7 Å². The third-order valence-corrected chi connectivity index (χ3v) is 17.0. The van der Waals surface area contributed by atoms with E-state index >= 15 is 0 Å². The Morgan fingerprint density at radius 3 is 1.27 bits per heavy atom. The van der Waals surface area contributed by atoms with Gasteiger partial charge in [0.15, 0.2) is 31.5 Å². The molecule has 0 aromatic heterocycles. The highest BCUT2D eigenvalue weighted by molar-refractivity contribution is 5.68. The molecule has 482 valence electrons. The summed E-state index contributed by atoms with van der Waals surface area (Å²) in [5.74, 6) is -0.195. The topological polar surface area (TPSA) is 330 Å². The molecule has 0 aromatic rings. The summed E-state index contributed by atoms with van der Waals surface area (Å²) >= 11 is 0. The molecule has 23 nitrogen and oxygen atoms in total. The molecule has 5 aliphatic heterocycles. The number of aliphatic hydroxyl groups excluding tert-OH is 10. The standard InChI is InChI=1S/C59H108O23/c1-9-11-13-14-15-16-17-21-24-28-32-72-54-53(82-56-48(69)44(65)41(62)34(4)74-56)51(80-55-47(68)43(64)40(61)33(3)73-55)37(7)77-59(54)79-50-36(6)76-57(49(70)46(50)67)81-52-45(66)42(63)35(5)75-58(52)78-38(29-25-12-10-2)30-26-22-19-18-20-23-27-31-39(60)71-8/h33-38,40-59,61-70H,9-32H2,1-8H3/t33-,34-,35+,36-,37-,38-,40-,41-,42-,43+,44+,45-,46-,47+,48+,49+,50-,51-,52+,53+,54+,55-,56-,57-,58+,59-/m0/s1. The smallest absolute Gasteiger partial charge is 0.305 e. The van der Waals surface area contributed by atoms with Crippen molar-refractivity contribution in [1.29, 1.82) is 0 Å². The van der Waals surface area contributed by atoms with Gasteiger partial charge in [-0.1, -0.05) is 129 Å². The van der Waals surface area contributed by atoms with Crippen LogP contribution in [-0.2, 0) is 61.6 Å². The van der Waals surface area contributed by atoms with Gasteiger partial charge in [-0.05, 0) is 60.3 Å². The van der Waals surface area contributed by atoms with E-state index in [1.54, 1.807) is 20.8 Å². The highest BCUT2D eigenvalue weighted by Gasteiger charge is 2.57. The van der Waals surface area contributed by atoms with Crippen LogP contribution in [0, 0.1) is 0 Å². The first-order chi connectivity index (χ1) is 39.2. The fourth-order valence-electron chi connectivity index (χ4n) is 11.6. The Balaban J connectivity index is 1.33. The molecule has 5 fully saturated rings. The summed E-state index contributed by atoms with van der Waals surface area (Å²) in [5.41, 5.74) is 0. The second-order valence-corrected chi connectivity index (χ2v) is 23.7. The van der Waals surface area contributed by atoms with Crippen molar-refractivity contribution in [2.75, 3.05) is 13.7 Å². The van der Waals surface area contributed by atoms with Crippen LogP contribution >= 0.6 is 0 Å². The molecule has 0 unspecified atom stereocenters. The van der Waals surface area contributed by atoms with E-state index < -0.39 is 154 Å². The molecule has 82 heavy (non-hydrogen) atoms. The molecule has 0 amide bonds. The van der Waals surface area contributed by atoms with Gasteiger partial charge in [0, 0.05) is 13.0 Å². The maximum Gasteiger partial charge on any atom is 0.305 e. The fourth-order valence-corrected chi connectivity index (χ4v) is 11.6. The lowest BCUT2D eigenvalue weighted by molar-refractivity contribution is -0.402. The molecule has 0 spiro atoms. The zero-order chi connectivity index (χ0) is 60.0. The van der Waals surface area contributed by atoms with E-state index in [-0.39, 0.29) is 18.7 Å². The lowest BCUT2D eigenvalue weighted by Gasteiger charge is -2.51. The van der Waals surface area contributed by atoms with Crippen LogP contribution in [0.15, 0.2) is 0 Å². The summed E-state index contributed by atoms with van der Waals surface area (Å²) in [6, 6.07) is 0. The van der Waals surface area contributed by atoms with E-state index in [4.69, 9.17) is 56.8 Å². The van der Waals surface area contributed by atoms with Gasteiger partial charge in [-0.15, -0.1) is 0 Å². The molecule has 0 radical (unpaired) electrons. The molecule has 0 bridgehead atoms. The number of ether oxygens (including phenoxy) is 12. The molecule has 5 rings (SSSR count). The van der Waals surface area contributed by atoms with Gasteiger partial charge in [0.1, 0.15) is 91.6 Å². The number of carbonyl (C=O) groups is 1. The summed E-state index contributed by atoms with van der Waals surface area (Å²) < 4.78 is 74.5. The molecule has 10 N–H and O–H groups in total. The minimum absolute atomic E-state index is 0.124. The van der Waals surface area contributed by atoms with E-state index in [0.29, 0.717) is 25.7 Å². The normalized spacial score (nSPS) is 40.4. The molecule has 23 heteroatoms. The molecule has 0 aliphatic carbocycles. The average molecular weight is 1190 g/mol. The molecular weight excluding hydrogens is 1080 g/mol. The Hall–Kier alpha value is -1.37. The van der Waals surface area contributed by atoms with Gasteiger partial charge in [0.25, 0.3) is 0 Å². The Morgan fingerprint density at radius 1 is 0.366 bits per heavy atom. The minimum Gasteiger partial charge on any atom is -0.469 e. The monoisotopic (exact) mass is 1180 g/mol. The summed E-state index contributed by atoms with van der Waals surface area (Å²) in [6.45, 7) is 12.2. The van der Waals surface area contributed by atoms with Gasteiger partial charge >= 0.3 is 5.97 Å². The molecule has 0 aromatic carbocycles. The van der Waals surface area contributed by atoms with Crippen LogP contribution in [0.1, 0.15) is 196 Å². The second kappa shape index (κ2) is 36.8. The Kier molecular flexibility index (Phi) is 32.1. The molecule has 5 aliphatic rings. The highest BCUT2D eigenvalue weighted by atomic mass is 16.8. The molecular formula is C59H108O23. The van der Waals surface area contributed by atoms with Crippen LogP contribution in [-0.4, -0.2) is 230 Å². The minimum atomic E-state index is -1.82. The Bertz CT molecular complexity index is 1720. The largest absolute Gasteiger partial charge is 0.469 e. The van der Waals surface area contributed by atoms with Gasteiger partial charge in [-0.2, -0.15) is 0 Å². The second-order valence-electron chi connectivity index (χ2n) is 23.7. The van der Waals surface area contributed by atoms with Crippen molar-refractivity contribution in [3.8, 4) is 0 Å². The maximum atomic E-state index is 12.0. The predicted molar refractivity (Wildman–Crippen MR) is 295 cm³/mol. The number of hydrogen-bond acceptors (Lipinski definition) is 23.